The van der Waals surface area contributed by atoms with E-state index in [9.17, 15) is 13.2 Å². The number of alkyl halides is 3. The fraction of sp³-hybridized carbons (Fsp3) is 0.294. The summed E-state index contributed by atoms with van der Waals surface area (Å²) in [6, 6.07) is 12.9. The maximum Gasteiger partial charge on any atom is 0.416 e. The summed E-state index contributed by atoms with van der Waals surface area (Å²) in [5, 5.41) is 0. The summed E-state index contributed by atoms with van der Waals surface area (Å²) in [6.07, 6.45) is -2.36. The summed E-state index contributed by atoms with van der Waals surface area (Å²) in [5.41, 5.74) is 8.10. The average molecular weight is 293 g/mol. The van der Waals surface area contributed by atoms with Gasteiger partial charge in [-0.3, -0.25) is 0 Å². The van der Waals surface area contributed by atoms with Crippen LogP contribution < -0.4 is 5.73 Å². The highest BCUT2D eigenvalue weighted by Gasteiger charge is 2.29. The van der Waals surface area contributed by atoms with Crippen LogP contribution in [-0.2, 0) is 6.18 Å². The van der Waals surface area contributed by atoms with E-state index in [2.05, 4.69) is 6.92 Å². The first-order chi connectivity index (χ1) is 9.91. The van der Waals surface area contributed by atoms with Crippen molar-refractivity contribution in [2.45, 2.75) is 32.0 Å². The molecule has 1 nitrogen and oxygen atoms in total. The molecule has 0 aliphatic rings. The van der Waals surface area contributed by atoms with Gasteiger partial charge >= 0.3 is 6.18 Å². The van der Waals surface area contributed by atoms with Gasteiger partial charge in [0.25, 0.3) is 0 Å². The van der Waals surface area contributed by atoms with Crippen molar-refractivity contribution in [3.63, 3.8) is 0 Å². The Bertz CT molecular complexity index is 570. The highest BCUT2D eigenvalue weighted by atomic mass is 19.4. The van der Waals surface area contributed by atoms with Crippen LogP contribution in [0.1, 0.15) is 36.9 Å². The number of hydrogen-bond acceptors (Lipinski definition) is 1. The van der Waals surface area contributed by atoms with Crippen LogP contribution in [0.15, 0.2) is 48.5 Å². The number of halogens is 3. The van der Waals surface area contributed by atoms with Crippen molar-refractivity contribution in [1.29, 1.82) is 0 Å². The first-order valence-corrected chi connectivity index (χ1v) is 6.95. The standard InChI is InChI=1S/C17H18F3N/c1-2-3-16(21)14-6-4-12(5-7-14)13-8-10-15(11-9-13)17(18,19)20/h4-11,16H,2-3,21H2,1H3/t16-/m1/s1. The van der Waals surface area contributed by atoms with Crippen molar-refractivity contribution >= 4 is 0 Å². The Hall–Kier alpha value is -1.81. The van der Waals surface area contributed by atoms with E-state index in [0.717, 1.165) is 41.7 Å². The summed E-state index contributed by atoms with van der Waals surface area (Å²) >= 11 is 0. The first-order valence-electron chi connectivity index (χ1n) is 6.95. The second-order valence-electron chi connectivity index (χ2n) is 5.09. The third kappa shape index (κ3) is 3.85. The minimum Gasteiger partial charge on any atom is -0.324 e. The van der Waals surface area contributed by atoms with Crippen LogP contribution in [-0.4, -0.2) is 0 Å². The van der Waals surface area contributed by atoms with Crippen molar-refractivity contribution < 1.29 is 13.2 Å². The molecular weight excluding hydrogens is 275 g/mol. The van der Waals surface area contributed by atoms with Crippen LogP contribution in [0, 0.1) is 0 Å². The van der Waals surface area contributed by atoms with Gasteiger partial charge in [-0.15, -0.1) is 0 Å². The van der Waals surface area contributed by atoms with E-state index in [-0.39, 0.29) is 6.04 Å². The molecule has 2 aromatic rings. The van der Waals surface area contributed by atoms with Crippen molar-refractivity contribution in [2.75, 3.05) is 0 Å². The molecule has 0 amide bonds. The SMILES string of the molecule is CCC[C@@H](N)c1ccc(-c2ccc(C(F)(F)F)cc2)cc1. The molecule has 0 aliphatic carbocycles. The lowest BCUT2D eigenvalue weighted by Gasteiger charge is -2.12. The van der Waals surface area contributed by atoms with Crippen molar-refractivity contribution in [2.24, 2.45) is 5.73 Å². The van der Waals surface area contributed by atoms with Gasteiger partial charge in [0.1, 0.15) is 0 Å². The Morgan fingerprint density at radius 3 is 1.81 bits per heavy atom. The van der Waals surface area contributed by atoms with Crippen molar-refractivity contribution in [1.82, 2.24) is 0 Å². The molecule has 0 radical (unpaired) electrons. The molecule has 4 heteroatoms. The van der Waals surface area contributed by atoms with Crippen molar-refractivity contribution in [3.8, 4) is 11.1 Å². The Morgan fingerprint density at radius 2 is 1.38 bits per heavy atom. The zero-order chi connectivity index (χ0) is 15.5. The monoisotopic (exact) mass is 293 g/mol. The van der Waals surface area contributed by atoms with E-state index in [1.54, 1.807) is 0 Å². The molecule has 2 rings (SSSR count). The minimum atomic E-state index is -4.30. The summed E-state index contributed by atoms with van der Waals surface area (Å²) in [6.45, 7) is 2.08. The minimum absolute atomic E-state index is 0.0108. The maximum absolute atomic E-state index is 12.5. The molecule has 0 aromatic heterocycles. The topological polar surface area (TPSA) is 26.0 Å². The van der Waals surface area contributed by atoms with E-state index in [1.165, 1.54) is 12.1 Å². The molecule has 0 spiro atoms. The number of benzene rings is 2. The summed E-state index contributed by atoms with van der Waals surface area (Å²) in [5.74, 6) is 0. The molecule has 0 saturated carbocycles. The van der Waals surface area contributed by atoms with E-state index in [0.29, 0.717) is 0 Å². The third-order valence-electron chi connectivity index (χ3n) is 3.48. The van der Waals surface area contributed by atoms with Gasteiger partial charge in [0, 0.05) is 6.04 Å². The molecule has 112 valence electrons. The second-order valence-corrected chi connectivity index (χ2v) is 5.09. The molecule has 2 aromatic carbocycles. The fourth-order valence-corrected chi connectivity index (χ4v) is 2.25. The number of rotatable bonds is 4. The van der Waals surface area contributed by atoms with Crippen LogP contribution in [0.25, 0.3) is 11.1 Å². The van der Waals surface area contributed by atoms with Crippen LogP contribution in [0.3, 0.4) is 0 Å². The summed E-state index contributed by atoms with van der Waals surface area (Å²) in [7, 11) is 0. The molecule has 0 saturated heterocycles. The number of nitrogens with two attached hydrogens (primary N) is 1. The Balaban J connectivity index is 2.19. The quantitative estimate of drug-likeness (QED) is 0.826. The van der Waals surface area contributed by atoms with Crippen molar-refractivity contribution in [3.05, 3.63) is 59.7 Å². The van der Waals surface area contributed by atoms with Gasteiger partial charge in [-0.1, -0.05) is 49.7 Å². The zero-order valence-electron chi connectivity index (χ0n) is 11.8. The molecule has 21 heavy (non-hydrogen) atoms. The summed E-state index contributed by atoms with van der Waals surface area (Å²) in [4.78, 5) is 0. The average Bonchev–Trinajstić information content (AvgIpc) is 2.47. The van der Waals surface area contributed by atoms with Gasteiger partial charge in [-0.05, 0) is 35.2 Å². The van der Waals surface area contributed by atoms with Crippen LogP contribution >= 0.6 is 0 Å². The van der Waals surface area contributed by atoms with E-state index >= 15 is 0 Å². The lowest BCUT2D eigenvalue weighted by molar-refractivity contribution is -0.137. The fourth-order valence-electron chi connectivity index (χ4n) is 2.25. The molecule has 0 fully saturated rings. The Morgan fingerprint density at radius 1 is 0.905 bits per heavy atom. The smallest absolute Gasteiger partial charge is 0.324 e. The molecule has 0 aliphatic heterocycles. The first kappa shape index (κ1) is 15.6. The van der Waals surface area contributed by atoms with Crippen LogP contribution in [0.2, 0.25) is 0 Å². The lowest BCUT2D eigenvalue weighted by atomic mass is 9.98. The molecule has 0 heterocycles. The van der Waals surface area contributed by atoms with Gasteiger partial charge in [0.05, 0.1) is 5.56 Å². The highest BCUT2D eigenvalue weighted by Crippen LogP contribution is 2.31. The van der Waals surface area contributed by atoms with Gasteiger partial charge in [0.2, 0.25) is 0 Å². The van der Waals surface area contributed by atoms with Gasteiger partial charge in [0.15, 0.2) is 0 Å². The summed E-state index contributed by atoms with van der Waals surface area (Å²) < 4.78 is 37.6. The molecule has 2 N–H and O–H groups in total. The second kappa shape index (κ2) is 6.31. The predicted molar refractivity (Wildman–Crippen MR) is 78.7 cm³/mol. The van der Waals surface area contributed by atoms with Gasteiger partial charge in [-0.2, -0.15) is 13.2 Å². The lowest BCUT2D eigenvalue weighted by Crippen LogP contribution is -2.09. The molecule has 1 atom stereocenters. The third-order valence-corrected chi connectivity index (χ3v) is 3.48. The predicted octanol–water partition coefficient (Wildman–Crippen LogP) is 5.17. The normalized spacial score (nSPS) is 13.2. The highest BCUT2D eigenvalue weighted by molar-refractivity contribution is 5.64. The van der Waals surface area contributed by atoms with E-state index in [1.807, 2.05) is 24.3 Å². The molecule has 0 unspecified atom stereocenters. The molecular formula is C17H18F3N. The van der Waals surface area contributed by atoms with E-state index in [4.69, 9.17) is 5.73 Å². The molecule has 0 bridgehead atoms. The maximum atomic E-state index is 12.5. The Kier molecular flexibility index (Phi) is 4.68. The van der Waals surface area contributed by atoms with Crippen LogP contribution in [0.5, 0.6) is 0 Å². The Labute approximate surface area is 122 Å². The van der Waals surface area contributed by atoms with E-state index < -0.39 is 11.7 Å². The zero-order valence-corrected chi connectivity index (χ0v) is 11.8. The van der Waals surface area contributed by atoms with Gasteiger partial charge < -0.3 is 5.73 Å². The largest absolute Gasteiger partial charge is 0.416 e. The van der Waals surface area contributed by atoms with Crippen LogP contribution in [0.4, 0.5) is 13.2 Å². The van der Waals surface area contributed by atoms with Gasteiger partial charge in [-0.25, -0.2) is 0 Å². The number of hydrogen-bond donors (Lipinski definition) is 1.